The van der Waals surface area contributed by atoms with Crippen molar-refractivity contribution in [1.82, 2.24) is 9.88 Å². The van der Waals surface area contributed by atoms with Gasteiger partial charge in [0, 0.05) is 43.3 Å². The number of fused-ring (bicyclic) bond motifs is 1. The van der Waals surface area contributed by atoms with Gasteiger partial charge in [-0.1, -0.05) is 24.3 Å². The van der Waals surface area contributed by atoms with Crippen LogP contribution in [-0.4, -0.2) is 49.7 Å². The summed E-state index contributed by atoms with van der Waals surface area (Å²) in [4.78, 5) is 8.15. The average Bonchev–Trinajstić information content (AvgIpc) is 3.27. The number of nitrogens with zero attached hydrogens (tertiary/aromatic N) is 2. The molecular formula is C28H30FN3O2. The molecule has 4 aromatic rings. The molecule has 6 heteroatoms. The third kappa shape index (κ3) is 4.87. The van der Waals surface area contributed by atoms with Crippen molar-refractivity contribution >= 4 is 16.6 Å². The Morgan fingerprint density at radius 2 is 1.62 bits per heavy atom. The van der Waals surface area contributed by atoms with Crippen LogP contribution in [-0.2, 0) is 6.42 Å². The van der Waals surface area contributed by atoms with Gasteiger partial charge in [0.2, 0.25) is 0 Å². The second-order valence-corrected chi connectivity index (χ2v) is 8.66. The number of piperazine rings is 1. The molecule has 0 radical (unpaired) electrons. The first-order valence-electron chi connectivity index (χ1n) is 11.8. The maximum Gasteiger partial charge on any atom is 0.169 e. The van der Waals surface area contributed by atoms with Crippen LogP contribution in [0.3, 0.4) is 0 Å². The molecule has 0 aliphatic carbocycles. The van der Waals surface area contributed by atoms with Crippen LogP contribution in [0.5, 0.6) is 17.2 Å². The highest BCUT2D eigenvalue weighted by Gasteiger charge is 2.20. The second kappa shape index (κ2) is 10.2. The smallest absolute Gasteiger partial charge is 0.169 e. The lowest BCUT2D eigenvalue weighted by molar-refractivity contribution is 0.254. The van der Waals surface area contributed by atoms with Gasteiger partial charge in [-0.3, -0.25) is 4.90 Å². The van der Waals surface area contributed by atoms with Gasteiger partial charge in [0.25, 0.3) is 0 Å². The Labute approximate surface area is 199 Å². The Bertz CT molecular complexity index is 1250. The summed E-state index contributed by atoms with van der Waals surface area (Å²) < 4.78 is 25.3. The highest BCUT2D eigenvalue weighted by Crippen LogP contribution is 2.36. The van der Waals surface area contributed by atoms with Crippen molar-refractivity contribution in [2.24, 2.45) is 0 Å². The predicted molar refractivity (Wildman–Crippen MR) is 135 cm³/mol. The topological polar surface area (TPSA) is 40.7 Å². The van der Waals surface area contributed by atoms with Gasteiger partial charge in [0.15, 0.2) is 17.2 Å². The minimum Gasteiger partial charge on any atom is -0.493 e. The van der Waals surface area contributed by atoms with E-state index in [9.17, 15) is 4.39 Å². The van der Waals surface area contributed by atoms with Crippen LogP contribution in [0.4, 0.5) is 10.1 Å². The normalized spacial score (nSPS) is 14.5. The average molecular weight is 460 g/mol. The third-order valence-electron chi connectivity index (χ3n) is 6.52. The summed E-state index contributed by atoms with van der Waals surface area (Å²) in [5.41, 5.74) is 3.29. The van der Waals surface area contributed by atoms with Crippen molar-refractivity contribution in [3.05, 3.63) is 84.3 Å². The van der Waals surface area contributed by atoms with Crippen molar-refractivity contribution in [2.45, 2.75) is 12.8 Å². The number of anilines is 1. The molecule has 0 amide bonds. The van der Waals surface area contributed by atoms with E-state index in [1.807, 2.05) is 48.7 Å². The van der Waals surface area contributed by atoms with E-state index in [0.29, 0.717) is 5.75 Å². The summed E-state index contributed by atoms with van der Waals surface area (Å²) >= 11 is 0. The lowest BCUT2D eigenvalue weighted by Crippen LogP contribution is -2.46. The summed E-state index contributed by atoms with van der Waals surface area (Å²) in [6.45, 7) is 4.95. The van der Waals surface area contributed by atoms with Crippen LogP contribution in [0.15, 0.2) is 72.9 Å². The molecule has 0 saturated carbocycles. The Morgan fingerprint density at radius 1 is 0.882 bits per heavy atom. The quantitative estimate of drug-likeness (QED) is 0.358. The van der Waals surface area contributed by atoms with Crippen molar-refractivity contribution < 1.29 is 13.9 Å². The molecule has 1 aliphatic heterocycles. The van der Waals surface area contributed by atoms with E-state index in [1.165, 1.54) is 11.6 Å². The van der Waals surface area contributed by atoms with Gasteiger partial charge in [0.1, 0.15) is 5.82 Å². The minimum absolute atomic E-state index is 0.181. The van der Waals surface area contributed by atoms with Gasteiger partial charge in [-0.2, -0.15) is 0 Å². The molecule has 1 aromatic heterocycles. The molecule has 5 rings (SSSR count). The number of methoxy groups -OCH3 is 1. The molecule has 5 nitrogen and oxygen atoms in total. The van der Waals surface area contributed by atoms with E-state index in [0.717, 1.165) is 73.7 Å². The lowest BCUT2D eigenvalue weighted by atomic mass is 10.1. The molecule has 176 valence electrons. The fourth-order valence-corrected chi connectivity index (χ4v) is 4.69. The van der Waals surface area contributed by atoms with E-state index in [4.69, 9.17) is 9.47 Å². The van der Waals surface area contributed by atoms with Gasteiger partial charge in [-0.25, -0.2) is 4.39 Å². The number of ether oxygens (including phenoxy) is 2. The fourth-order valence-electron chi connectivity index (χ4n) is 4.69. The number of nitrogens with one attached hydrogen (secondary N) is 1. The Kier molecular flexibility index (Phi) is 6.67. The van der Waals surface area contributed by atoms with Crippen LogP contribution in [0.25, 0.3) is 10.9 Å². The van der Waals surface area contributed by atoms with Crippen LogP contribution in [0.2, 0.25) is 0 Å². The first kappa shape index (κ1) is 22.3. The number of benzene rings is 3. The largest absolute Gasteiger partial charge is 0.493 e. The summed E-state index contributed by atoms with van der Waals surface area (Å²) in [5.74, 6) is 2.10. The van der Waals surface area contributed by atoms with E-state index in [-0.39, 0.29) is 5.82 Å². The summed E-state index contributed by atoms with van der Waals surface area (Å²) in [7, 11) is 1.66. The van der Waals surface area contributed by atoms with Gasteiger partial charge < -0.3 is 19.4 Å². The molecule has 1 fully saturated rings. The molecule has 3 aromatic carbocycles. The number of H-pyrrole nitrogens is 1. The zero-order valence-electron chi connectivity index (χ0n) is 19.5. The monoisotopic (exact) mass is 459 g/mol. The maximum absolute atomic E-state index is 13.6. The number of aryl methyl sites for hydroxylation is 1. The standard InChI is InChI=1S/C28H30FN3O2/c1-33-27-10-4-5-11-28(27)34-26-9-3-2-8-25(26)32-17-15-31(16-18-32)14-6-7-21-20-30-24-13-12-22(29)19-23(21)24/h2-5,8-13,19-20,30H,6-7,14-18H2,1H3. The fraction of sp³-hybridized carbons (Fsp3) is 0.286. The number of para-hydroxylation sites is 4. The SMILES string of the molecule is COc1ccccc1Oc1ccccc1N1CCN(CCCc2c[nH]c3ccc(F)cc23)CC1. The van der Waals surface area contributed by atoms with E-state index < -0.39 is 0 Å². The van der Waals surface area contributed by atoms with Crippen LogP contribution < -0.4 is 14.4 Å². The highest BCUT2D eigenvalue weighted by molar-refractivity contribution is 5.83. The van der Waals surface area contributed by atoms with Crippen LogP contribution in [0, 0.1) is 5.82 Å². The van der Waals surface area contributed by atoms with E-state index in [2.05, 4.69) is 26.9 Å². The van der Waals surface area contributed by atoms with Gasteiger partial charge in [-0.05, 0) is 67.4 Å². The number of halogens is 1. The molecular weight excluding hydrogens is 429 g/mol. The first-order valence-corrected chi connectivity index (χ1v) is 11.8. The van der Waals surface area contributed by atoms with Crippen molar-refractivity contribution in [1.29, 1.82) is 0 Å². The molecule has 0 atom stereocenters. The number of rotatable bonds is 8. The Balaban J connectivity index is 1.17. The zero-order chi connectivity index (χ0) is 23.3. The van der Waals surface area contributed by atoms with Crippen molar-refractivity contribution in [3.63, 3.8) is 0 Å². The molecule has 0 unspecified atom stereocenters. The van der Waals surface area contributed by atoms with E-state index in [1.54, 1.807) is 13.2 Å². The second-order valence-electron chi connectivity index (χ2n) is 8.66. The predicted octanol–water partition coefficient (Wildman–Crippen LogP) is 5.86. The van der Waals surface area contributed by atoms with Gasteiger partial charge in [0.05, 0.1) is 12.8 Å². The number of hydrogen-bond acceptors (Lipinski definition) is 4. The molecule has 0 spiro atoms. The molecule has 2 heterocycles. The Hall–Kier alpha value is -3.51. The summed E-state index contributed by atoms with van der Waals surface area (Å²) in [6, 6.07) is 20.9. The minimum atomic E-state index is -0.181. The number of aromatic amines is 1. The Morgan fingerprint density at radius 3 is 2.41 bits per heavy atom. The molecule has 1 saturated heterocycles. The number of hydrogen-bond donors (Lipinski definition) is 1. The lowest BCUT2D eigenvalue weighted by Gasteiger charge is -2.36. The zero-order valence-corrected chi connectivity index (χ0v) is 19.5. The van der Waals surface area contributed by atoms with Crippen molar-refractivity contribution in [2.75, 3.05) is 44.7 Å². The molecule has 1 N–H and O–H groups in total. The molecule has 34 heavy (non-hydrogen) atoms. The van der Waals surface area contributed by atoms with Crippen LogP contribution in [0.1, 0.15) is 12.0 Å². The van der Waals surface area contributed by atoms with Gasteiger partial charge >= 0.3 is 0 Å². The summed E-state index contributed by atoms with van der Waals surface area (Å²) in [6.07, 6.45) is 4.01. The number of aromatic nitrogens is 1. The van der Waals surface area contributed by atoms with E-state index >= 15 is 0 Å². The first-order chi connectivity index (χ1) is 16.7. The molecule has 1 aliphatic rings. The maximum atomic E-state index is 13.6. The third-order valence-corrected chi connectivity index (χ3v) is 6.52. The van der Waals surface area contributed by atoms with Crippen molar-refractivity contribution in [3.8, 4) is 17.2 Å². The van der Waals surface area contributed by atoms with Gasteiger partial charge in [-0.15, -0.1) is 0 Å². The molecule has 0 bridgehead atoms. The highest BCUT2D eigenvalue weighted by atomic mass is 19.1. The van der Waals surface area contributed by atoms with Crippen LogP contribution >= 0.6 is 0 Å². The summed E-state index contributed by atoms with van der Waals surface area (Å²) in [5, 5.41) is 0.997.